The zero-order valence-electron chi connectivity index (χ0n) is 21.0. The van der Waals surface area contributed by atoms with Gasteiger partial charge in [0.25, 0.3) is 0 Å². The number of urea groups is 1. The molecule has 3 N–H and O–H groups in total. The molecule has 1 aliphatic carbocycles. The Balaban J connectivity index is 1.52. The number of carbonyl (C=O) groups excluding carboxylic acids is 2. The molecule has 1 saturated carbocycles. The lowest BCUT2D eigenvalue weighted by Crippen LogP contribution is -2.51. The molecule has 4 rings (SSSR count). The first-order valence-corrected chi connectivity index (χ1v) is 14.6. The summed E-state index contributed by atoms with van der Waals surface area (Å²) in [5.41, 5.74) is 2.10. The topological polar surface area (TPSA) is 99.3 Å². The number of rotatable bonds is 7. The van der Waals surface area contributed by atoms with Gasteiger partial charge in [0.15, 0.2) is 5.82 Å². The number of ether oxygens (including phenoxy) is 1. The molecule has 1 aromatic heterocycles. The van der Waals surface area contributed by atoms with Crippen molar-refractivity contribution in [2.45, 2.75) is 56.0 Å². The Morgan fingerprint density at radius 2 is 1.88 bits per heavy atom. The summed E-state index contributed by atoms with van der Waals surface area (Å²) in [7, 11) is 0.553. The molecule has 3 amide bonds. The van der Waals surface area contributed by atoms with Gasteiger partial charge in [0.2, 0.25) is 5.91 Å². The van der Waals surface area contributed by atoms with Crippen LogP contribution in [0.2, 0.25) is 0 Å². The minimum Gasteiger partial charge on any atom is -0.382 e. The maximum atomic E-state index is 13.4. The number of amides is 3. The maximum absolute atomic E-state index is 13.4. The number of carbonyl (C=O) groups is 2. The normalized spacial score (nSPS) is 19.6. The van der Waals surface area contributed by atoms with E-state index in [2.05, 4.69) is 39.6 Å². The molecule has 186 valence electrons. The third-order valence-electron chi connectivity index (χ3n) is 7.53. The van der Waals surface area contributed by atoms with Crippen LogP contribution >= 0.6 is 10.0 Å². The summed E-state index contributed by atoms with van der Waals surface area (Å²) in [5.74, 6) is 0.593. The third-order valence-corrected chi connectivity index (χ3v) is 10.5. The number of hydrogen-bond acceptors (Lipinski definition) is 4. The van der Waals surface area contributed by atoms with Gasteiger partial charge in [0.1, 0.15) is 0 Å². The van der Waals surface area contributed by atoms with Crippen LogP contribution in [0, 0.1) is 0 Å². The lowest BCUT2D eigenvalue weighted by atomic mass is 9.83. The van der Waals surface area contributed by atoms with E-state index in [4.69, 9.17) is 4.74 Å². The quantitative estimate of drug-likeness (QED) is 0.547. The lowest BCUT2D eigenvalue weighted by molar-refractivity contribution is -0.120. The molecule has 0 unspecified atom stereocenters. The second-order valence-corrected chi connectivity index (χ2v) is 15.0. The number of methoxy groups -OCH3 is 1. The van der Waals surface area contributed by atoms with Crippen molar-refractivity contribution in [3.8, 4) is 0 Å². The first-order chi connectivity index (χ1) is 16.0. The number of nitrogens with zero attached hydrogens (tertiary/aromatic N) is 2. The van der Waals surface area contributed by atoms with Crippen LogP contribution in [0.4, 0.5) is 10.6 Å². The molecule has 2 heterocycles. The predicted molar refractivity (Wildman–Crippen MR) is 137 cm³/mol. The Kier molecular flexibility index (Phi) is 6.46. The average molecular weight is 488 g/mol. The fourth-order valence-corrected chi connectivity index (χ4v) is 7.20. The minimum atomic E-state index is -1.07. The highest BCUT2D eigenvalue weighted by atomic mass is 32.3. The number of aromatic amines is 1. The number of aromatic nitrogens is 2. The number of H-pyrrole nitrogens is 1. The molecule has 8 nitrogen and oxygen atoms in total. The zero-order valence-corrected chi connectivity index (χ0v) is 21.8. The summed E-state index contributed by atoms with van der Waals surface area (Å²) in [6.45, 7) is 4.71. The van der Waals surface area contributed by atoms with Crippen molar-refractivity contribution in [2.24, 2.45) is 0 Å². The van der Waals surface area contributed by atoms with E-state index in [1.165, 1.54) is 0 Å². The van der Waals surface area contributed by atoms with Gasteiger partial charge < -0.3 is 20.3 Å². The molecule has 2 aromatic rings. The summed E-state index contributed by atoms with van der Waals surface area (Å²) >= 11 is 0. The van der Waals surface area contributed by atoms with Crippen LogP contribution in [0.5, 0.6) is 0 Å². The number of nitrogens with one attached hydrogen (secondary N) is 3. The van der Waals surface area contributed by atoms with E-state index in [9.17, 15) is 9.59 Å². The Hall–Kier alpha value is -2.52. The Morgan fingerprint density at radius 3 is 2.44 bits per heavy atom. The highest BCUT2D eigenvalue weighted by molar-refractivity contribution is 8.33. The zero-order chi connectivity index (χ0) is 24.7. The molecule has 2 aliphatic rings. The Bertz CT molecular complexity index is 1060. The average Bonchev–Trinajstić information content (AvgIpc) is 3.24. The van der Waals surface area contributed by atoms with E-state index >= 15 is 0 Å². The SMILES string of the molecule is COC[C@@H](NC(=O)N1Cc2c(NC(=O)C3(S(C)(C)C)CCC3)n[nH]c2C1(C)C)c1ccccc1. The summed E-state index contributed by atoms with van der Waals surface area (Å²) in [4.78, 5) is 28.6. The van der Waals surface area contributed by atoms with E-state index in [0.29, 0.717) is 19.0 Å². The van der Waals surface area contributed by atoms with Gasteiger partial charge in [0, 0.05) is 12.7 Å². The van der Waals surface area contributed by atoms with Crippen LogP contribution in [0.25, 0.3) is 0 Å². The van der Waals surface area contributed by atoms with Crippen molar-refractivity contribution in [3.05, 3.63) is 47.2 Å². The number of hydrogen-bond donors (Lipinski definition) is 3. The molecule has 0 bridgehead atoms. The predicted octanol–water partition coefficient (Wildman–Crippen LogP) is 4.11. The summed E-state index contributed by atoms with van der Waals surface area (Å²) in [6, 6.07) is 9.35. The molecule has 1 fully saturated rings. The van der Waals surface area contributed by atoms with Gasteiger partial charge in [-0.2, -0.15) is 5.10 Å². The van der Waals surface area contributed by atoms with Crippen molar-refractivity contribution in [2.75, 3.05) is 37.8 Å². The standard InChI is InChI=1S/C25H37N5O3S/c1-24(2)20-18(21(29-28-20)27-22(31)25(13-10-14-25)34(4,5)6)15-30(24)23(32)26-19(16-33-3)17-11-8-7-9-12-17/h7-9,11-12,19H,10,13-16H2,1-6H3,(H,26,32)(H2,27,28,29,31)/t19-/m1/s1. The van der Waals surface area contributed by atoms with Crippen molar-refractivity contribution in [1.29, 1.82) is 0 Å². The first-order valence-electron chi connectivity index (χ1n) is 11.7. The van der Waals surface area contributed by atoms with Gasteiger partial charge in [-0.05, 0) is 57.4 Å². The fourth-order valence-electron chi connectivity index (χ4n) is 5.08. The van der Waals surface area contributed by atoms with Crippen LogP contribution < -0.4 is 10.6 Å². The first kappa shape index (κ1) is 24.6. The van der Waals surface area contributed by atoms with E-state index < -0.39 is 15.6 Å². The second-order valence-electron chi connectivity index (χ2n) is 10.6. The largest absolute Gasteiger partial charge is 0.382 e. The van der Waals surface area contributed by atoms with E-state index in [1.807, 2.05) is 44.2 Å². The molecule has 1 atom stereocenters. The van der Waals surface area contributed by atoms with E-state index in [1.54, 1.807) is 12.0 Å². The van der Waals surface area contributed by atoms with Crippen molar-refractivity contribution in [3.63, 3.8) is 0 Å². The number of benzene rings is 1. The lowest BCUT2D eigenvalue weighted by Gasteiger charge is -2.53. The second kappa shape index (κ2) is 8.92. The minimum absolute atomic E-state index is 0.0560. The third kappa shape index (κ3) is 4.09. The van der Waals surface area contributed by atoms with Gasteiger partial charge in [-0.15, -0.1) is 0 Å². The Morgan fingerprint density at radius 1 is 1.21 bits per heavy atom. The van der Waals surface area contributed by atoms with E-state index in [-0.39, 0.29) is 22.7 Å². The van der Waals surface area contributed by atoms with Gasteiger partial charge >= 0.3 is 6.03 Å². The highest BCUT2D eigenvalue weighted by Gasteiger charge is 2.51. The van der Waals surface area contributed by atoms with Crippen LogP contribution in [0.3, 0.4) is 0 Å². The number of anilines is 1. The fraction of sp³-hybridized carbons (Fsp3) is 0.560. The molecule has 1 aromatic carbocycles. The van der Waals surface area contributed by atoms with E-state index in [0.717, 1.165) is 36.1 Å². The molecular weight excluding hydrogens is 450 g/mol. The summed E-state index contributed by atoms with van der Waals surface area (Å²) in [5, 5.41) is 13.8. The molecule has 0 spiro atoms. The smallest absolute Gasteiger partial charge is 0.319 e. The number of fused-ring (bicyclic) bond motifs is 1. The molecule has 0 radical (unpaired) electrons. The van der Waals surface area contributed by atoms with Crippen LogP contribution in [-0.4, -0.2) is 64.3 Å². The molecule has 9 heteroatoms. The highest BCUT2D eigenvalue weighted by Crippen LogP contribution is 2.60. The molecule has 1 aliphatic heterocycles. The monoisotopic (exact) mass is 487 g/mol. The summed E-state index contributed by atoms with van der Waals surface area (Å²) < 4.78 is 5.07. The van der Waals surface area contributed by atoms with Gasteiger partial charge in [0.05, 0.1) is 35.2 Å². The van der Waals surface area contributed by atoms with Crippen LogP contribution in [0.1, 0.15) is 56.0 Å². The Labute approximate surface area is 203 Å². The molecule has 0 saturated heterocycles. The van der Waals surface area contributed by atoms with Gasteiger partial charge in [-0.3, -0.25) is 9.89 Å². The van der Waals surface area contributed by atoms with Crippen molar-refractivity contribution in [1.82, 2.24) is 20.4 Å². The molecular formula is C25H37N5O3S. The van der Waals surface area contributed by atoms with Crippen LogP contribution in [0.15, 0.2) is 30.3 Å². The van der Waals surface area contributed by atoms with Crippen LogP contribution in [-0.2, 0) is 21.6 Å². The van der Waals surface area contributed by atoms with Crippen molar-refractivity contribution < 1.29 is 14.3 Å². The molecule has 34 heavy (non-hydrogen) atoms. The summed E-state index contributed by atoms with van der Waals surface area (Å²) in [6.07, 6.45) is 9.55. The van der Waals surface area contributed by atoms with Crippen molar-refractivity contribution >= 4 is 27.8 Å². The van der Waals surface area contributed by atoms with Gasteiger partial charge in [-0.1, -0.05) is 30.3 Å². The van der Waals surface area contributed by atoms with Gasteiger partial charge in [-0.25, -0.2) is 14.8 Å². The maximum Gasteiger partial charge on any atom is 0.319 e.